The maximum absolute atomic E-state index is 12.4. The van der Waals surface area contributed by atoms with E-state index in [2.05, 4.69) is 4.99 Å². The van der Waals surface area contributed by atoms with Gasteiger partial charge in [0.15, 0.2) is 22.9 Å². The molecule has 0 bridgehead atoms. The molecule has 2 heterocycles. The number of hydrogen-bond donors (Lipinski definition) is 0. The molecule has 1 amide bonds. The van der Waals surface area contributed by atoms with Crippen molar-refractivity contribution in [1.29, 1.82) is 0 Å². The second-order valence-electron chi connectivity index (χ2n) is 6.07. The lowest BCUT2D eigenvalue weighted by Crippen LogP contribution is -2.19. The van der Waals surface area contributed by atoms with Crippen LogP contribution < -0.4 is 23.7 Å². The fraction of sp³-hybridized carbons (Fsp3) is 0.300. The monoisotopic (exact) mass is 400 g/mol. The number of rotatable bonds is 5. The number of benzene rings is 2. The summed E-state index contributed by atoms with van der Waals surface area (Å²) in [6, 6.07) is 11.0. The Kier molecular flexibility index (Phi) is 5.21. The molecule has 0 saturated heterocycles. The van der Waals surface area contributed by atoms with E-state index in [4.69, 9.17) is 18.9 Å². The Labute approximate surface area is 165 Å². The first-order chi connectivity index (χ1) is 13.7. The van der Waals surface area contributed by atoms with Crippen molar-refractivity contribution in [1.82, 2.24) is 4.57 Å². The molecule has 0 atom stereocenters. The molecule has 1 aliphatic rings. The van der Waals surface area contributed by atoms with Crippen LogP contribution in [-0.2, 0) is 11.3 Å². The Morgan fingerprint density at radius 1 is 1.18 bits per heavy atom. The number of methoxy groups -OCH3 is 1. The second-order valence-corrected chi connectivity index (χ2v) is 7.07. The summed E-state index contributed by atoms with van der Waals surface area (Å²) in [6.07, 6.45) is 0. The number of amides is 1. The molecule has 4 rings (SSSR count). The Balaban J connectivity index is 1.60. The molecule has 3 aromatic rings. The first-order valence-electron chi connectivity index (χ1n) is 8.95. The minimum absolute atomic E-state index is 0.145. The molecule has 2 aromatic carbocycles. The number of nitrogens with zero attached hydrogens (tertiary/aromatic N) is 2. The Morgan fingerprint density at radius 2 is 1.93 bits per heavy atom. The zero-order chi connectivity index (χ0) is 19.5. The molecule has 0 aliphatic carbocycles. The molecule has 28 heavy (non-hydrogen) atoms. The van der Waals surface area contributed by atoms with Gasteiger partial charge in [-0.05, 0) is 19.1 Å². The molecule has 0 saturated carbocycles. The zero-order valence-corrected chi connectivity index (χ0v) is 16.5. The predicted octanol–water partition coefficient (Wildman–Crippen LogP) is 3.01. The summed E-state index contributed by atoms with van der Waals surface area (Å²) in [5.74, 6) is 2.32. The molecule has 0 spiro atoms. The van der Waals surface area contributed by atoms with E-state index in [1.165, 1.54) is 11.3 Å². The molecule has 146 valence electrons. The number of aryl methyl sites for hydroxylation is 1. The van der Waals surface area contributed by atoms with Gasteiger partial charge in [0.25, 0.3) is 5.91 Å². The minimum Gasteiger partial charge on any atom is -0.497 e. The highest BCUT2D eigenvalue weighted by Crippen LogP contribution is 2.35. The van der Waals surface area contributed by atoms with E-state index in [1.807, 2.05) is 29.7 Å². The fourth-order valence-electron chi connectivity index (χ4n) is 2.97. The largest absolute Gasteiger partial charge is 0.497 e. The van der Waals surface area contributed by atoms with Gasteiger partial charge in [-0.2, -0.15) is 4.99 Å². The summed E-state index contributed by atoms with van der Waals surface area (Å²) >= 11 is 1.44. The van der Waals surface area contributed by atoms with Crippen molar-refractivity contribution in [3.05, 3.63) is 41.2 Å². The van der Waals surface area contributed by atoms with Crippen molar-refractivity contribution in [2.45, 2.75) is 13.5 Å². The average molecular weight is 400 g/mol. The van der Waals surface area contributed by atoms with Crippen LogP contribution in [0.4, 0.5) is 0 Å². The highest BCUT2D eigenvalue weighted by molar-refractivity contribution is 7.16. The van der Waals surface area contributed by atoms with Crippen molar-refractivity contribution >= 4 is 27.5 Å². The molecular weight excluding hydrogens is 380 g/mol. The van der Waals surface area contributed by atoms with Crippen molar-refractivity contribution in [2.24, 2.45) is 4.99 Å². The van der Waals surface area contributed by atoms with Crippen LogP contribution in [0.3, 0.4) is 0 Å². The van der Waals surface area contributed by atoms with Crippen LogP contribution in [0.25, 0.3) is 10.2 Å². The van der Waals surface area contributed by atoms with Gasteiger partial charge in [-0.1, -0.05) is 17.4 Å². The minimum atomic E-state index is -0.353. The van der Waals surface area contributed by atoms with Crippen LogP contribution in [0.15, 0.2) is 41.4 Å². The number of carbonyl (C=O) groups is 1. The van der Waals surface area contributed by atoms with Crippen LogP contribution in [0, 0.1) is 0 Å². The molecule has 0 fully saturated rings. The Hall–Kier alpha value is -3.00. The number of thiazole rings is 1. The summed E-state index contributed by atoms with van der Waals surface area (Å²) in [5.41, 5.74) is 0.969. The summed E-state index contributed by atoms with van der Waals surface area (Å²) in [4.78, 5) is 17.2. The van der Waals surface area contributed by atoms with E-state index >= 15 is 0 Å². The van der Waals surface area contributed by atoms with E-state index in [0.717, 1.165) is 21.7 Å². The molecular formula is C20H20N2O5S. The summed E-state index contributed by atoms with van der Waals surface area (Å²) in [7, 11) is 1.58. The van der Waals surface area contributed by atoms with Crippen LogP contribution in [0.1, 0.15) is 6.92 Å². The van der Waals surface area contributed by atoms with E-state index in [-0.39, 0.29) is 12.5 Å². The second kappa shape index (κ2) is 7.93. The van der Waals surface area contributed by atoms with Gasteiger partial charge < -0.3 is 23.5 Å². The lowest BCUT2D eigenvalue weighted by molar-refractivity contribution is -0.120. The third-order valence-electron chi connectivity index (χ3n) is 4.29. The maximum atomic E-state index is 12.4. The number of fused-ring (bicyclic) bond motifs is 2. The predicted molar refractivity (Wildman–Crippen MR) is 106 cm³/mol. The molecule has 0 N–H and O–H groups in total. The first-order valence-corrected chi connectivity index (χ1v) is 9.77. The third kappa shape index (κ3) is 3.68. The van der Waals surface area contributed by atoms with Crippen molar-refractivity contribution in [2.75, 3.05) is 26.9 Å². The van der Waals surface area contributed by atoms with E-state index < -0.39 is 0 Å². The SMILES string of the molecule is CCn1c(=NC(=O)COc2cccc(OC)c2)sc2cc3c(cc21)OCCO3. The third-order valence-corrected chi connectivity index (χ3v) is 5.33. The average Bonchev–Trinajstić information content (AvgIpc) is 3.06. The van der Waals surface area contributed by atoms with Gasteiger partial charge in [0.2, 0.25) is 0 Å². The summed E-state index contributed by atoms with van der Waals surface area (Å²) in [6.45, 7) is 3.62. The molecule has 7 nitrogen and oxygen atoms in total. The van der Waals surface area contributed by atoms with Gasteiger partial charge in [0.05, 0.1) is 17.3 Å². The topological polar surface area (TPSA) is 71.3 Å². The van der Waals surface area contributed by atoms with Gasteiger partial charge in [-0.15, -0.1) is 0 Å². The van der Waals surface area contributed by atoms with Crippen LogP contribution >= 0.6 is 11.3 Å². The van der Waals surface area contributed by atoms with Crippen LogP contribution in [0.5, 0.6) is 23.0 Å². The lowest BCUT2D eigenvalue weighted by atomic mass is 10.2. The van der Waals surface area contributed by atoms with Gasteiger partial charge in [-0.25, -0.2) is 0 Å². The van der Waals surface area contributed by atoms with Crippen LogP contribution in [-0.4, -0.2) is 37.4 Å². The van der Waals surface area contributed by atoms with E-state index in [9.17, 15) is 4.79 Å². The van der Waals surface area contributed by atoms with E-state index in [0.29, 0.717) is 36.1 Å². The number of carbonyl (C=O) groups excluding carboxylic acids is 1. The highest BCUT2D eigenvalue weighted by Gasteiger charge is 2.16. The first kappa shape index (κ1) is 18.4. The van der Waals surface area contributed by atoms with Crippen molar-refractivity contribution < 1.29 is 23.7 Å². The number of ether oxygens (including phenoxy) is 4. The Morgan fingerprint density at radius 3 is 2.68 bits per heavy atom. The van der Waals surface area contributed by atoms with E-state index in [1.54, 1.807) is 25.3 Å². The lowest BCUT2D eigenvalue weighted by Gasteiger charge is -2.18. The molecule has 0 radical (unpaired) electrons. The quantitative estimate of drug-likeness (QED) is 0.658. The number of aromatic nitrogens is 1. The zero-order valence-electron chi connectivity index (χ0n) is 15.6. The standard InChI is InChI=1S/C20H20N2O5S/c1-3-22-15-10-16-17(26-8-7-25-16)11-18(15)28-20(22)21-19(23)12-27-14-6-4-5-13(9-14)24-2/h4-6,9-11H,3,7-8,12H2,1-2H3. The molecule has 0 unspecified atom stereocenters. The smallest absolute Gasteiger partial charge is 0.286 e. The highest BCUT2D eigenvalue weighted by atomic mass is 32.1. The van der Waals surface area contributed by atoms with Gasteiger partial charge in [-0.3, -0.25) is 4.79 Å². The number of hydrogen-bond acceptors (Lipinski definition) is 6. The van der Waals surface area contributed by atoms with Crippen LogP contribution in [0.2, 0.25) is 0 Å². The van der Waals surface area contributed by atoms with Gasteiger partial charge in [0.1, 0.15) is 24.7 Å². The Bertz CT molecular complexity index is 1090. The van der Waals surface area contributed by atoms with Gasteiger partial charge in [0, 0.05) is 24.7 Å². The van der Waals surface area contributed by atoms with Crippen molar-refractivity contribution in [3.8, 4) is 23.0 Å². The normalized spacial score (nSPS) is 13.6. The summed E-state index contributed by atoms with van der Waals surface area (Å²) in [5, 5.41) is 0. The molecule has 8 heteroatoms. The van der Waals surface area contributed by atoms with Crippen molar-refractivity contribution in [3.63, 3.8) is 0 Å². The maximum Gasteiger partial charge on any atom is 0.286 e. The van der Waals surface area contributed by atoms with Gasteiger partial charge >= 0.3 is 0 Å². The molecule has 1 aliphatic heterocycles. The molecule has 1 aromatic heterocycles. The fourth-order valence-corrected chi connectivity index (χ4v) is 4.09. The summed E-state index contributed by atoms with van der Waals surface area (Å²) < 4.78 is 25.0.